The van der Waals surface area contributed by atoms with Crippen LogP contribution in [0.25, 0.3) is 0 Å². The van der Waals surface area contributed by atoms with Crippen molar-refractivity contribution in [3.63, 3.8) is 0 Å². The Balaban J connectivity index is 0.000000322. The van der Waals surface area contributed by atoms with Crippen LogP contribution in [-0.4, -0.2) is 36.3 Å². The van der Waals surface area contributed by atoms with Gasteiger partial charge in [-0.2, -0.15) is 26.3 Å². The van der Waals surface area contributed by atoms with Gasteiger partial charge in [-0.25, -0.2) is 9.18 Å². The minimum Gasteiger partial charge on any atom is -0.444 e. The number of ether oxygens (including phenoxy) is 1. The third-order valence-corrected chi connectivity index (χ3v) is 5.39. The van der Waals surface area contributed by atoms with Crippen molar-refractivity contribution in [2.24, 2.45) is 5.92 Å². The van der Waals surface area contributed by atoms with Crippen LogP contribution in [0.1, 0.15) is 38.3 Å². The van der Waals surface area contributed by atoms with Gasteiger partial charge in [-0.3, -0.25) is 10.1 Å². The fourth-order valence-corrected chi connectivity index (χ4v) is 3.66. The largest absolute Gasteiger partial charge is 0.444 e. The highest BCUT2D eigenvalue weighted by Crippen LogP contribution is 2.37. The summed E-state index contributed by atoms with van der Waals surface area (Å²) in [5.74, 6) is -1.01. The third kappa shape index (κ3) is 9.48. The number of alkyl halides is 6. The highest BCUT2D eigenvalue weighted by molar-refractivity contribution is 5.67. The first-order valence-corrected chi connectivity index (χ1v) is 11.5. The lowest BCUT2D eigenvalue weighted by Gasteiger charge is -2.22. The smallest absolute Gasteiger partial charge is 0.423 e. The van der Waals surface area contributed by atoms with Gasteiger partial charge in [-0.15, -0.1) is 0 Å². The van der Waals surface area contributed by atoms with Crippen molar-refractivity contribution in [3.05, 3.63) is 63.5 Å². The van der Waals surface area contributed by atoms with Gasteiger partial charge in [0.1, 0.15) is 17.0 Å². The van der Waals surface area contributed by atoms with E-state index < -0.39 is 51.6 Å². The zero-order valence-electron chi connectivity index (χ0n) is 21.1. The zero-order valence-corrected chi connectivity index (χ0v) is 21.1. The van der Waals surface area contributed by atoms with Crippen molar-refractivity contribution in [1.82, 2.24) is 5.32 Å². The van der Waals surface area contributed by atoms with Crippen LogP contribution in [0.4, 0.5) is 52.6 Å². The summed E-state index contributed by atoms with van der Waals surface area (Å²) in [5.41, 5.74) is 1.52. The number of nitrogens with zero attached hydrogens (tertiary/aromatic N) is 2. The van der Waals surface area contributed by atoms with Crippen LogP contribution < -0.4 is 16.0 Å². The van der Waals surface area contributed by atoms with Crippen molar-refractivity contribution in [2.45, 2.75) is 45.1 Å². The number of hydrogen-bond acceptors (Lipinski definition) is 6. The Morgan fingerprint density at radius 2 is 1.69 bits per heavy atom. The number of nitrogens with one attached hydrogen (secondary N) is 1. The molecule has 1 atom stereocenters. The van der Waals surface area contributed by atoms with Crippen molar-refractivity contribution in [2.75, 3.05) is 30.3 Å². The van der Waals surface area contributed by atoms with E-state index in [2.05, 4.69) is 5.32 Å². The standard InChI is InChI=1S/C17H24F3N3O2.C7H3F4NO2/c1-16(2,3)25-15(24)22-9-11-6-7-23(10-11)12-4-5-14(21)13(8-12)17(18,19)20;8-4-1-2-6(12(13)14)5(3-4)7(9,10)11/h4-5,8,11H,6-7,9-10,21H2,1-3H3,(H,22,24);1-3H. The van der Waals surface area contributed by atoms with Crippen LogP contribution in [0.2, 0.25) is 0 Å². The summed E-state index contributed by atoms with van der Waals surface area (Å²) in [4.78, 5) is 22.5. The van der Waals surface area contributed by atoms with E-state index >= 15 is 0 Å². The summed E-state index contributed by atoms with van der Waals surface area (Å²) >= 11 is 0. The van der Waals surface area contributed by atoms with E-state index in [0.717, 1.165) is 12.5 Å². The Hall–Kier alpha value is -3.78. The normalized spacial score (nSPS) is 15.8. The number of rotatable bonds is 4. The molecule has 1 saturated heterocycles. The highest BCUT2D eigenvalue weighted by atomic mass is 19.4. The topological polar surface area (TPSA) is 111 Å². The van der Waals surface area contributed by atoms with Crippen molar-refractivity contribution >= 4 is 23.2 Å². The van der Waals surface area contributed by atoms with E-state index in [1.54, 1.807) is 26.8 Å². The molecular weight excluding hydrogens is 541 g/mol. The average molecular weight is 568 g/mol. The average Bonchev–Trinajstić information content (AvgIpc) is 3.25. The number of carbonyl (C=O) groups is 1. The molecule has 1 aliphatic heterocycles. The minimum absolute atomic E-state index is 0.0954. The number of carbonyl (C=O) groups excluding carboxylic acids is 1. The second kappa shape index (κ2) is 11.9. The van der Waals surface area contributed by atoms with E-state index in [0.29, 0.717) is 37.5 Å². The van der Waals surface area contributed by atoms with E-state index in [1.165, 1.54) is 6.07 Å². The van der Waals surface area contributed by atoms with Gasteiger partial charge in [0.2, 0.25) is 0 Å². The molecule has 0 aliphatic carbocycles. The number of alkyl carbamates (subject to hydrolysis) is 1. The number of nitro benzene ring substituents is 1. The molecule has 2 aromatic rings. The Kier molecular flexibility index (Phi) is 9.63. The SMILES string of the molecule is CC(C)(C)OC(=O)NCC1CCN(c2ccc(N)c(C(F)(F)F)c2)C1.O=[N+]([O-])c1ccc(F)cc1C(F)(F)F. The molecule has 39 heavy (non-hydrogen) atoms. The molecule has 1 unspecified atom stereocenters. The summed E-state index contributed by atoms with van der Waals surface area (Å²) < 4.78 is 92.9. The molecule has 1 aliphatic rings. The van der Waals surface area contributed by atoms with Crippen LogP contribution in [0, 0.1) is 21.8 Å². The summed E-state index contributed by atoms with van der Waals surface area (Å²) in [7, 11) is 0. The van der Waals surface area contributed by atoms with Crippen molar-refractivity contribution < 1.29 is 45.2 Å². The number of nitrogen functional groups attached to an aromatic ring is 1. The first-order valence-electron chi connectivity index (χ1n) is 11.5. The van der Waals surface area contributed by atoms with E-state index in [-0.39, 0.29) is 17.7 Å². The van der Waals surface area contributed by atoms with Crippen LogP contribution >= 0.6 is 0 Å². The van der Waals surface area contributed by atoms with Gasteiger partial charge in [-0.1, -0.05) is 0 Å². The Morgan fingerprint density at radius 1 is 1.08 bits per heavy atom. The van der Waals surface area contributed by atoms with Gasteiger partial charge >= 0.3 is 18.4 Å². The number of nitrogens with two attached hydrogens (primary N) is 1. The second-order valence-electron chi connectivity index (χ2n) is 9.67. The molecule has 3 N–H and O–H groups in total. The molecule has 0 bridgehead atoms. The summed E-state index contributed by atoms with van der Waals surface area (Å²) in [6.07, 6.45) is -9.11. The van der Waals surface area contributed by atoms with Crippen LogP contribution in [0.15, 0.2) is 36.4 Å². The maximum atomic E-state index is 13.0. The van der Waals surface area contributed by atoms with Crippen molar-refractivity contribution in [1.29, 1.82) is 0 Å². The Morgan fingerprint density at radius 3 is 2.23 bits per heavy atom. The molecule has 216 valence electrons. The van der Waals surface area contributed by atoms with E-state index in [4.69, 9.17) is 10.5 Å². The molecule has 2 aromatic carbocycles. The molecule has 8 nitrogen and oxygen atoms in total. The lowest BCUT2D eigenvalue weighted by atomic mass is 10.1. The van der Waals surface area contributed by atoms with Gasteiger partial charge in [0.15, 0.2) is 0 Å². The number of hydrogen-bond donors (Lipinski definition) is 2. The fourth-order valence-electron chi connectivity index (χ4n) is 3.66. The van der Waals surface area contributed by atoms with Crippen molar-refractivity contribution in [3.8, 4) is 0 Å². The lowest BCUT2D eigenvalue weighted by Crippen LogP contribution is -2.36. The number of benzene rings is 2. The van der Waals surface area contributed by atoms with Crippen LogP contribution in [0.3, 0.4) is 0 Å². The van der Waals surface area contributed by atoms with Gasteiger partial charge in [0, 0.05) is 37.1 Å². The van der Waals surface area contributed by atoms with Gasteiger partial charge in [0.25, 0.3) is 5.69 Å². The molecule has 0 spiro atoms. The monoisotopic (exact) mass is 568 g/mol. The Labute approximate surface area is 219 Å². The number of anilines is 2. The van der Waals surface area contributed by atoms with Gasteiger partial charge < -0.3 is 20.7 Å². The summed E-state index contributed by atoms with van der Waals surface area (Å²) in [5, 5.41) is 12.9. The van der Waals surface area contributed by atoms with E-state index in [1.807, 2.05) is 4.90 Å². The molecule has 1 amide bonds. The predicted octanol–water partition coefficient (Wildman–Crippen LogP) is 6.39. The minimum atomic E-state index is -4.93. The molecular formula is C24H27F7N4O4. The third-order valence-electron chi connectivity index (χ3n) is 5.39. The first-order chi connectivity index (χ1) is 17.8. The maximum Gasteiger partial charge on any atom is 0.423 e. The quantitative estimate of drug-likeness (QED) is 0.191. The molecule has 3 rings (SSSR count). The zero-order chi connectivity index (χ0) is 29.8. The summed E-state index contributed by atoms with van der Waals surface area (Å²) in [6, 6.07) is 5.14. The van der Waals surface area contributed by atoms with Crippen LogP contribution in [0.5, 0.6) is 0 Å². The molecule has 0 aromatic heterocycles. The van der Waals surface area contributed by atoms with Crippen LogP contribution in [-0.2, 0) is 17.1 Å². The number of halogens is 7. The van der Waals surface area contributed by atoms with Gasteiger partial charge in [0.05, 0.1) is 10.5 Å². The highest BCUT2D eigenvalue weighted by Gasteiger charge is 2.38. The molecule has 0 radical (unpaired) electrons. The maximum absolute atomic E-state index is 13.0. The lowest BCUT2D eigenvalue weighted by molar-refractivity contribution is -0.388. The molecule has 15 heteroatoms. The molecule has 1 heterocycles. The second-order valence-corrected chi connectivity index (χ2v) is 9.67. The number of nitro groups is 1. The fraction of sp³-hybridized carbons (Fsp3) is 0.458. The predicted molar refractivity (Wildman–Crippen MR) is 128 cm³/mol. The first kappa shape index (κ1) is 31.4. The summed E-state index contributed by atoms with van der Waals surface area (Å²) in [6.45, 7) is 6.96. The van der Waals surface area contributed by atoms with E-state index in [9.17, 15) is 45.6 Å². The number of amides is 1. The molecule has 0 saturated carbocycles. The van der Waals surface area contributed by atoms with Gasteiger partial charge in [-0.05, 0) is 63.4 Å². The molecule has 1 fully saturated rings. The Bertz CT molecular complexity index is 1180.